The molecule has 0 bridgehead atoms. The molecule has 98 valence electrons. The molecule has 0 saturated carbocycles. The van der Waals surface area contributed by atoms with Crippen molar-refractivity contribution in [3.63, 3.8) is 0 Å². The van der Waals surface area contributed by atoms with Crippen LogP contribution in [0.2, 0.25) is 0 Å². The van der Waals surface area contributed by atoms with Crippen LogP contribution in [0.15, 0.2) is 30.3 Å². The van der Waals surface area contributed by atoms with Crippen molar-refractivity contribution < 1.29 is 4.79 Å². The molecule has 2 aromatic rings. The van der Waals surface area contributed by atoms with E-state index in [0.29, 0.717) is 11.5 Å². The lowest BCUT2D eigenvalue weighted by Gasteiger charge is -2.27. The molecule has 4 heteroatoms. The Morgan fingerprint density at radius 3 is 2.95 bits per heavy atom. The van der Waals surface area contributed by atoms with Crippen LogP contribution in [-0.2, 0) is 0 Å². The van der Waals surface area contributed by atoms with Gasteiger partial charge in [-0.2, -0.15) is 0 Å². The van der Waals surface area contributed by atoms with Crippen molar-refractivity contribution in [2.75, 3.05) is 19.6 Å². The number of hydrogen-bond acceptors (Lipinski definition) is 3. The summed E-state index contributed by atoms with van der Waals surface area (Å²) < 4.78 is 0. The SMILES string of the molecule is Cc1ccc2cccc(C(=O)NCC3CNC3)c2n1. The van der Waals surface area contributed by atoms with Gasteiger partial charge in [-0.05, 0) is 19.1 Å². The Labute approximate surface area is 112 Å². The van der Waals surface area contributed by atoms with E-state index in [4.69, 9.17) is 0 Å². The van der Waals surface area contributed by atoms with Crippen LogP contribution in [-0.4, -0.2) is 30.5 Å². The Kier molecular flexibility index (Phi) is 3.17. The number of carbonyl (C=O) groups is 1. The van der Waals surface area contributed by atoms with Gasteiger partial charge in [0, 0.05) is 36.6 Å². The number of nitrogens with one attached hydrogen (secondary N) is 2. The number of fused-ring (bicyclic) bond motifs is 1. The molecule has 0 atom stereocenters. The summed E-state index contributed by atoms with van der Waals surface area (Å²) in [5.41, 5.74) is 2.37. The van der Waals surface area contributed by atoms with Crippen LogP contribution >= 0.6 is 0 Å². The summed E-state index contributed by atoms with van der Waals surface area (Å²) in [7, 11) is 0. The molecule has 2 heterocycles. The number of pyridine rings is 1. The lowest BCUT2D eigenvalue weighted by Crippen LogP contribution is -2.48. The zero-order valence-electron chi connectivity index (χ0n) is 10.9. The third-order valence-corrected chi connectivity index (χ3v) is 3.52. The summed E-state index contributed by atoms with van der Waals surface area (Å²) >= 11 is 0. The number of benzene rings is 1. The molecule has 3 rings (SSSR count). The van der Waals surface area contributed by atoms with E-state index in [-0.39, 0.29) is 5.91 Å². The smallest absolute Gasteiger partial charge is 0.253 e. The maximum Gasteiger partial charge on any atom is 0.253 e. The summed E-state index contributed by atoms with van der Waals surface area (Å²) in [6.45, 7) is 4.66. The van der Waals surface area contributed by atoms with E-state index < -0.39 is 0 Å². The lowest BCUT2D eigenvalue weighted by molar-refractivity contribution is 0.0943. The topological polar surface area (TPSA) is 54.0 Å². The Bertz CT molecular complexity index is 620. The van der Waals surface area contributed by atoms with Gasteiger partial charge in [0.05, 0.1) is 11.1 Å². The monoisotopic (exact) mass is 255 g/mol. The zero-order valence-corrected chi connectivity index (χ0v) is 10.9. The van der Waals surface area contributed by atoms with E-state index in [9.17, 15) is 4.79 Å². The van der Waals surface area contributed by atoms with Gasteiger partial charge in [-0.15, -0.1) is 0 Å². The number of aryl methyl sites for hydroxylation is 1. The van der Waals surface area contributed by atoms with Gasteiger partial charge in [-0.1, -0.05) is 18.2 Å². The molecule has 1 aromatic carbocycles. The number of aromatic nitrogens is 1. The predicted octanol–water partition coefficient (Wildman–Crippen LogP) is 1.49. The first kappa shape index (κ1) is 12.1. The van der Waals surface area contributed by atoms with Crippen molar-refractivity contribution in [3.05, 3.63) is 41.6 Å². The van der Waals surface area contributed by atoms with Crippen LogP contribution in [0.25, 0.3) is 10.9 Å². The third kappa shape index (κ3) is 2.44. The van der Waals surface area contributed by atoms with Crippen LogP contribution in [0.3, 0.4) is 0 Å². The molecule has 1 fully saturated rings. The quantitative estimate of drug-likeness (QED) is 0.873. The van der Waals surface area contributed by atoms with Crippen molar-refractivity contribution in [1.29, 1.82) is 0 Å². The molecule has 19 heavy (non-hydrogen) atoms. The van der Waals surface area contributed by atoms with Crippen molar-refractivity contribution in [1.82, 2.24) is 15.6 Å². The summed E-state index contributed by atoms with van der Waals surface area (Å²) in [4.78, 5) is 16.7. The van der Waals surface area contributed by atoms with Crippen LogP contribution in [0.4, 0.5) is 0 Å². The van der Waals surface area contributed by atoms with Gasteiger partial charge in [0.15, 0.2) is 0 Å². The highest BCUT2D eigenvalue weighted by Gasteiger charge is 2.18. The molecule has 0 aliphatic carbocycles. The van der Waals surface area contributed by atoms with Gasteiger partial charge in [-0.3, -0.25) is 9.78 Å². The summed E-state index contributed by atoms with van der Waals surface area (Å²) in [5.74, 6) is 0.532. The van der Waals surface area contributed by atoms with Gasteiger partial charge in [0.25, 0.3) is 5.91 Å². The molecule has 1 amide bonds. The van der Waals surface area contributed by atoms with E-state index in [1.54, 1.807) is 0 Å². The maximum atomic E-state index is 12.2. The molecule has 2 N–H and O–H groups in total. The fourth-order valence-corrected chi connectivity index (χ4v) is 2.25. The minimum Gasteiger partial charge on any atom is -0.352 e. The van der Waals surface area contributed by atoms with Gasteiger partial charge < -0.3 is 10.6 Å². The molecule has 0 radical (unpaired) electrons. The Hall–Kier alpha value is -1.94. The molecule has 1 aliphatic heterocycles. The number of carbonyl (C=O) groups excluding carboxylic acids is 1. The van der Waals surface area contributed by atoms with E-state index in [2.05, 4.69) is 15.6 Å². The maximum absolute atomic E-state index is 12.2. The van der Waals surface area contributed by atoms with Crippen LogP contribution < -0.4 is 10.6 Å². The molecule has 0 spiro atoms. The van der Waals surface area contributed by atoms with Crippen molar-refractivity contribution in [2.24, 2.45) is 5.92 Å². The van der Waals surface area contributed by atoms with Gasteiger partial charge >= 0.3 is 0 Å². The van der Waals surface area contributed by atoms with E-state index in [0.717, 1.165) is 36.2 Å². The first-order valence-corrected chi connectivity index (χ1v) is 6.59. The average molecular weight is 255 g/mol. The molecule has 0 unspecified atom stereocenters. The number of rotatable bonds is 3. The highest BCUT2D eigenvalue weighted by atomic mass is 16.1. The number of para-hydroxylation sites is 1. The first-order chi connectivity index (χ1) is 9.24. The van der Waals surface area contributed by atoms with Gasteiger partial charge in [0.2, 0.25) is 0 Å². The summed E-state index contributed by atoms with van der Waals surface area (Å²) in [5, 5.41) is 7.20. The summed E-state index contributed by atoms with van der Waals surface area (Å²) in [6, 6.07) is 9.69. The Balaban J connectivity index is 1.86. The highest BCUT2D eigenvalue weighted by Crippen LogP contribution is 2.17. The largest absolute Gasteiger partial charge is 0.352 e. The van der Waals surface area contributed by atoms with Crippen LogP contribution in [0.1, 0.15) is 16.1 Å². The normalized spacial score (nSPS) is 15.2. The van der Waals surface area contributed by atoms with Crippen molar-refractivity contribution in [2.45, 2.75) is 6.92 Å². The second-order valence-corrected chi connectivity index (χ2v) is 5.06. The fourth-order valence-electron chi connectivity index (χ4n) is 2.25. The predicted molar refractivity (Wildman–Crippen MR) is 75.2 cm³/mol. The number of hydrogen-bond donors (Lipinski definition) is 2. The minimum atomic E-state index is -0.0319. The fraction of sp³-hybridized carbons (Fsp3) is 0.333. The molecule has 1 saturated heterocycles. The second kappa shape index (κ2) is 4.97. The molecule has 4 nitrogen and oxygen atoms in total. The van der Waals surface area contributed by atoms with Crippen molar-refractivity contribution >= 4 is 16.8 Å². The second-order valence-electron chi connectivity index (χ2n) is 5.06. The summed E-state index contributed by atoms with van der Waals surface area (Å²) in [6.07, 6.45) is 0. The van der Waals surface area contributed by atoms with E-state index in [1.165, 1.54) is 0 Å². The highest BCUT2D eigenvalue weighted by molar-refractivity contribution is 6.05. The van der Waals surface area contributed by atoms with Gasteiger partial charge in [-0.25, -0.2) is 0 Å². The van der Waals surface area contributed by atoms with Crippen molar-refractivity contribution in [3.8, 4) is 0 Å². The minimum absolute atomic E-state index is 0.0319. The first-order valence-electron chi connectivity index (χ1n) is 6.59. The zero-order chi connectivity index (χ0) is 13.2. The van der Waals surface area contributed by atoms with E-state index >= 15 is 0 Å². The Morgan fingerprint density at radius 2 is 2.21 bits per heavy atom. The Morgan fingerprint density at radius 1 is 1.37 bits per heavy atom. The van der Waals surface area contributed by atoms with Gasteiger partial charge in [0.1, 0.15) is 0 Å². The number of nitrogens with zero attached hydrogens (tertiary/aromatic N) is 1. The average Bonchev–Trinajstić information content (AvgIpc) is 2.36. The third-order valence-electron chi connectivity index (χ3n) is 3.52. The standard InChI is InChI=1S/C15H17N3O/c1-10-5-6-12-3-2-4-13(14(12)18-10)15(19)17-9-11-7-16-8-11/h2-6,11,16H,7-9H2,1H3,(H,17,19). The molecular formula is C15H17N3O. The molecular weight excluding hydrogens is 238 g/mol. The molecule has 1 aromatic heterocycles. The van der Waals surface area contributed by atoms with Crippen LogP contribution in [0.5, 0.6) is 0 Å². The van der Waals surface area contributed by atoms with Crippen LogP contribution in [0, 0.1) is 12.8 Å². The number of amides is 1. The van der Waals surface area contributed by atoms with E-state index in [1.807, 2.05) is 37.3 Å². The molecule has 1 aliphatic rings. The lowest BCUT2D eigenvalue weighted by atomic mass is 10.0.